The summed E-state index contributed by atoms with van der Waals surface area (Å²) in [4.78, 5) is 31.3. The van der Waals surface area contributed by atoms with Crippen LogP contribution in [0.3, 0.4) is 0 Å². The Morgan fingerprint density at radius 2 is 1.82 bits per heavy atom. The molecule has 1 unspecified atom stereocenters. The van der Waals surface area contributed by atoms with Gasteiger partial charge in [0.05, 0.1) is 23.6 Å². The first kappa shape index (κ1) is 22.2. The number of ether oxygens (including phenoxy) is 1. The molecule has 0 bridgehead atoms. The van der Waals surface area contributed by atoms with E-state index in [1.807, 2.05) is 0 Å². The third-order valence-electron chi connectivity index (χ3n) is 5.23. The van der Waals surface area contributed by atoms with Gasteiger partial charge in [-0.25, -0.2) is 13.6 Å². The minimum Gasteiger partial charge on any atom is -0.507 e. The summed E-state index contributed by atoms with van der Waals surface area (Å²) in [6.07, 6.45) is 3.03. The number of sulfonamides is 1. The number of primary sulfonamides is 1. The van der Waals surface area contributed by atoms with Gasteiger partial charge in [-0.05, 0) is 48.0 Å². The minimum atomic E-state index is -3.94. The predicted molar refractivity (Wildman–Crippen MR) is 120 cm³/mol. The van der Waals surface area contributed by atoms with Gasteiger partial charge in [-0.2, -0.15) is 0 Å². The van der Waals surface area contributed by atoms with Crippen LogP contribution >= 0.6 is 0 Å². The van der Waals surface area contributed by atoms with Crippen molar-refractivity contribution in [1.29, 1.82) is 0 Å². The van der Waals surface area contributed by atoms with Gasteiger partial charge >= 0.3 is 0 Å². The molecule has 1 aliphatic heterocycles. The van der Waals surface area contributed by atoms with E-state index in [0.717, 1.165) is 0 Å². The fourth-order valence-corrected chi connectivity index (χ4v) is 4.19. The molecule has 0 aliphatic carbocycles. The molecule has 1 saturated heterocycles. The van der Waals surface area contributed by atoms with Crippen molar-refractivity contribution in [1.82, 2.24) is 4.98 Å². The maximum atomic E-state index is 13.1. The van der Waals surface area contributed by atoms with E-state index in [0.29, 0.717) is 16.9 Å². The first-order chi connectivity index (χ1) is 15.7. The number of anilines is 1. The Morgan fingerprint density at radius 1 is 1.09 bits per heavy atom. The van der Waals surface area contributed by atoms with Crippen LogP contribution in [-0.4, -0.2) is 37.3 Å². The molecule has 0 saturated carbocycles. The van der Waals surface area contributed by atoms with Gasteiger partial charge in [0.25, 0.3) is 11.7 Å². The molecule has 168 valence electrons. The molecule has 2 heterocycles. The highest BCUT2D eigenvalue weighted by Crippen LogP contribution is 2.42. The summed E-state index contributed by atoms with van der Waals surface area (Å²) in [6, 6.07) is 14.0. The van der Waals surface area contributed by atoms with Gasteiger partial charge in [0.15, 0.2) is 0 Å². The second-order valence-corrected chi connectivity index (χ2v) is 8.79. The average molecular weight is 465 g/mol. The number of hydrogen-bond donors (Lipinski definition) is 2. The second kappa shape index (κ2) is 8.49. The van der Waals surface area contributed by atoms with Crippen LogP contribution in [0.5, 0.6) is 5.75 Å². The van der Waals surface area contributed by atoms with Crippen LogP contribution in [0.15, 0.2) is 83.5 Å². The zero-order chi connectivity index (χ0) is 23.8. The van der Waals surface area contributed by atoms with Crippen molar-refractivity contribution >= 4 is 33.2 Å². The average Bonchev–Trinajstić information content (AvgIpc) is 3.09. The van der Waals surface area contributed by atoms with Crippen molar-refractivity contribution in [2.45, 2.75) is 10.9 Å². The van der Waals surface area contributed by atoms with Crippen LogP contribution in [0.1, 0.15) is 17.2 Å². The van der Waals surface area contributed by atoms with Crippen molar-refractivity contribution in [2.24, 2.45) is 5.14 Å². The number of benzene rings is 2. The molecular weight excluding hydrogens is 446 g/mol. The molecule has 2 aromatic carbocycles. The number of pyridine rings is 1. The van der Waals surface area contributed by atoms with E-state index in [-0.39, 0.29) is 21.9 Å². The fraction of sp³-hybridized carbons (Fsp3) is 0.0870. The van der Waals surface area contributed by atoms with Gasteiger partial charge in [0.1, 0.15) is 11.5 Å². The van der Waals surface area contributed by atoms with Crippen molar-refractivity contribution in [3.8, 4) is 5.75 Å². The maximum absolute atomic E-state index is 13.1. The third kappa shape index (κ3) is 4.09. The molecule has 1 fully saturated rings. The number of aliphatic hydroxyl groups is 1. The molecule has 3 aromatic rings. The molecule has 1 aliphatic rings. The summed E-state index contributed by atoms with van der Waals surface area (Å²) in [6.45, 7) is 0. The van der Waals surface area contributed by atoms with Crippen molar-refractivity contribution in [2.75, 3.05) is 12.0 Å². The van der Waals surface area contributed by atoms with Crippen molar-refractivity contribution in [3.63, 3.8) is 0 Å². The van der Waals surface area contributed by atoms with Crippen LogP contribution in [0, 0.1) is 0 Å². The van der Waals surface area contributed by atoms with Crippen LogP contribution < -0.4 is 14.8 Å². The van der Waals surface area contributed by atoms with E-state index in [9.17, 15) is 23.1 Å². The Morgan fingerprint density at radius 3 is 2.42 bits per heavy atom. The maximum Gasteiger partial charge on any atom is 0.300 e. The Balaban J connectivity index is 1.91. The Bertz CT molecular complexity index is 1370. The number of aliphatic hydroxyl groups excluding tert-OH is 1. The minimum absolute atomic E-state index is 0.128. The fourth-order valence-electron chi connectivity index (χ4n) is 3.67. The highest BCUT2D eigenvalue weighted by molar-refractivity contribution is 7.89. The number of nitrogens with two attached hydrogens (primary N) is 1. The summed E-state index contributed by atoms with van der Waals surface area (Å²) < 4.78 is 28.4. The molecule has 0 radical (unpaired) electrons. The largest absolute Gasteiger partial charge is 0.507 e. The number of methoxy groups -OCH3 is 1. The van der Waals surface area contributed by atoms with Crippen molar-refractivity contribution in [3.05, 3.63) is 89.8 Å². The lowest BCUT2D eigenvalue weighted by atomic mass is 9.96. The number of hydrogen-bond acceptors (Lipinski definition) is 7. The number of rotatable bonds is 5. The van der Waals surface area contributed by atoms with Gasteiger partial charge in [-0.3, -0.25) is 19.5 Å². The molecule has 4 rings (SSSR count). The molecule has 10 heteroatoms. The normalized spacial score (nSPS) is 17.9. The first-order valence-electron chi connectivity index (χ1n) is 9.70. The number of ketones is 1. The summed E-state index contributed by atoms with van der Waals surface area (Å²) in [7, 11) is -2.47. The van der Waals surface area contributed by atoms with E-state index in [1.54, 1.807) is 42.6 Å². The van der Waals surface area contributed by atoms with Gasteiger partial charge in [0.2, 0.25) is 10.0 Å². The first-order valence-corrected chi connectivity index (χ1v) is 11.2. The number of Topliss-reactive ketones (excluding diaryl/α,β-unsaturated/α-hetero) is 1. The van der Waals surface area contributed by atoms with E-state index < -0.39 is 27.8 Å². The van der Waals surface area contributed by atoms with Gasteiger partial charge in [-0.15, -0.1) is 0 Å². The number of amides is 1. The molecule has 3 N–H and O–H groups in total. The van der Waals surface area contributed by atoms with Gasteiger partial charge in [0, 0.05) is 23.6 Å². The SMILES string of the molecule is COc1cccc(/C(O)=C2\C(=O)C(=O)N(c3ccc(S(N)(=O)=O)cc3)C2c2cccnc2)c1. The number of aromatic nitrogens is 1. The van der Waals surface area contributed by atoms with Gasteiger partial charge < -0.3 is 9.84 Å². The zero-order valence-electron chi connectivity index (χ0n) is 17.4. The van der Waals surface area contributed by atoms with E-state index in [4.69, 9.17) is 9.88 Å². The molecule has 0 spiro atoms. The standard InChI is InChI=1S/C23H19N3O6S/c1-32-17-6-2-4-14(12-17)21(27)19-20(15-5-3-11-25-13-15)26(23(29)22(19)28)16-7-9-18(10-8-16)33(24,30)31/h2-13,20,27H,1H3,(H2,24,30,31)/b21-19+. The molecule has 1 amide bonds. The highest BCUT2D eigenvalue weighted by atomic mass is 32.2. The van der Waals surface area contributed by atoms with E-state index in [1.165, 1.54) is 42.5 Å². The monoisotopic (exact) mass is 465 g/mol. The Hall–Kier alpha value is -4.02. The lowest BCUT2D eigenvalue weighted by Gasteiger charge is -2.25. The molecule has 1 atom stereocenters. The summed E-state index contributed by atoms with van der Waals surface area (Å²) in [5.41, 5.74) is 0.905. The summed E-state index contributed by atoms with van der Waals surface area (Å²) in [5, 5.41) is 16.2. The molecule has 33 heavy (non-hydrogen) atoms. The van der Waals surface area contributed by atoms with Crippen molar-refractivity contribution < 1.29 is 27.9 Å². The quantitative estimate of drug-likeness (QED) is 0.335. The smallest absolute Gasteiger partial charge is 0.300 e. The number of nitrogens with zero attached hydrogens (tertiary/aromatic N) is 2. The van der Waals surface area contributed by atoms with Crippen LogP contribution in [0.2, 0.25) is 0 Å². The topological polar surface area (TPSA) is 140 Å². The molecule has 1 aromatic heterocycles. The Labute approximate surface area is 189 Å². The summed E-state index contributed by atoms with van der Waals surface area (Å²) in [5.74, 6) is -1.68. The predicted octanol–water partition coefficient (Wildman–Crippen LogP) is 2.36. The van der Waals surface area contributed by atoms with Crippen LogP contribution in [0.25, 0.3) is 5.76 Å². The Kier molecular flexibility index (Phi) is 5.71. The lowest BCUT2D eigenvalue weighted by molar-refractivity contribution is -0.132. The van der Waals surface area contributed by atoms with E-state index in [2.05, 4.69) is 4.98 Å². The van der Waals surface area contributed by atoms with Crippen LogP contribution in [0.4, 0.5) is 5.69 Å². The lowest BCUT2D eigenvalue weighted by Crippen LogP contribution is -2.29. The summed E-state index contributed by atoms with van der Waals surface area (Å²) >= 11 is 0. The number of carbonyl (C=O) groups is 2. The zero-order valence-corrected chi connectivity index (χ0v) is 18.2. The highest BCUT2D eigenvalue weighted by Gasteiger charge is 2.47. The van der Waals surface area contributed by atoms with Gasteiger partial charge in [-0.1, -0.05) is 18.2 Å². The molecular formula is C23H19N3O6S. The second-order valence-electron chi connectivity index (χ2n) is 7.23. The number of carbonyl (C=O) groups excluding carboxylic acids is 2. The molecule has 9 nitrogen and oxygen atoms in total. The third-order valence-corrected chi connectivity index (χ3v) is 6.16. The van der Waals surface area contributed by atoms with Crippen LogP contribution in [-0.2, 0) is 19.6 Å². The van der Waals surface area contributed by atoms with E-state index >= 15 is 0 Å².